The van der Waals surface area contributed by atoms with E-state index >= 15 is 0 Å². The summed E-state index contributed by atoms with van der Waals surface area (Å²) < 4.78 is 6.85. The van der Waals surface area contributed by atoms with Gasteiger partial charge in [-0.05, 0) is 72.3 Å². The van der Waals surface area contributed by atoms with Crippen molar-refractivity contribution in [2.75, 3.05) is 6.61 Å². The average molecular weight is 395 g/mol. The van der Waals surface area contributed by atoms with E-state index in [1.165, 1.54) is 0 Å². The quantitative estimate of drug-likeness (QED) is 0.783. The van der Waals surface area contributed by atoms with Crippen LogP contribution >= 0.6 is 22.6 Å². The van der Waals surface area contributed by atoms with Crippen molar-refractivity contribution in [1.82, 2.24) is 5.32 Å². The number of hydrogen-bond acceptors (Lipinski definition) is 2. The lowest BCUT2D eigenvalue weighted by Crippen LogP contribution is -2.36. The van der Waals surface area contributed by atoms with Crippen LogP contribution in [0, 0.1) is 10.5 Å². The fraction of sp³-hybridized carbons (Fsp3) is 0.235. The summed E-state index contributed by atoms with van der Waals surface area (Å²) in [6.45, 7) is 4.38. The van der Waals surface area contributed by atoms with Gasteiger partial charge in [0, 0.05) is 9.13 Å². The van der Waals surface area contributed by atoms with Crippen molar-refractivity contribution in [3.8, 4) is 5.75 Å². The van der Waals surface area contributed by atoms with Gasteiger partial charge in [0.1, 0.15) is 12.4 Å². The molecule has 0 radical (unpaired) electrons. The largest absolute Gasteiger partial charge is 0.491 e. The average Bonchev–Trinajstić information content (AvgIpc) is 2.47. The molecule has 0 aliphatic heterocycles. The minimum absolute atomic E-state index is 0.0589. The van der Waals surface area contributed by atoms with Crippen molar-refractivity contribution < 1.29 is 9.53 Å². The van der Waals surface area contributed by atoms with E-state index in [0.717, 1.165) is 14.9 Å². The van der Waals surface area contributed by atoms with E-state index in [-0.39, 0.29) is 11.9 Å². The monoisotopic (exact) mass is 395 g/mol. The third-order valence-corrected chi connectivity index (χ3v) is 3.79. The molecular formula is C17H18INO2. The molecule has 3 nitrogen and oxygen atoms in total. The Kier molecular flexibility index (Phi) is 5.61. The molecule has 0 aliphatic rings. The van der Waals surface area contributed by atoms with Crippen molar-refractivity contribution in [3.63, 3.8) is 0 Å². The second-order valence-corrected chi connectivity index (χ2v) is 6.20. The van der Waals surface area contributed by atoms with E-state index < -0.39 is 0 Å². The molecule has 1 atom stereocenters. The van der Waals surface area contributed by atoms with Gasteiger partial charge >= 0.3 is 0 Å². The van der Waals surface area contributed by atoms with Gasteiger partial charge in [-0.15, -0.1) is 0 Å². The minimum atomic E-state index is -0.0766. The zero-order valence-electron chi connectivity index (χ0n) is 12.1. The summed E-state index contributed by atoms with van der Waals surface area (Å²) >= 11 is 2.22. The normalized spacial score (nSPS) is 11.8. The third kappa shape index (κ3) is 4.74. The molecule has 0 saturated heterocycles. The van der Waals surface area contributed by atoms with Crippen molar-refractivity contribution in [1.29, 1.82) is 0 Å². The summed E-state index contributed by atoms with van der Waals surface area (Å²) in [5.41, 5.74) is 1.76. The van der Waals surface area contributed by atoms with Gasteiger partial charge in [-0.3, -0.25) is 4.79 Å². The summed E-state index contributed by atoms with van der Waals surface area (Å²) in [4.78, 5) is 12.1. The number of nitrogens with one attached hydrogen (secondary N) is 1. The van der Waals surface area contributed by atoms with Crippen molar-refractivity contribution in [2.45, 2.75) is 19.9 Å². The van der Waals surface area contributed by atoms with E-state index in [4.69, 9.17) is 4.74 Å². The van der Waals surface area contributed by atoms with Gasteiger partial charge in [-0.1, -0.05) is 18.2 Å². The van der Waals surface area contributed by atoms with Gasteiger partial charge in [-0.25, -0.2) is 0 Å². The van der Waals surface area contributed by atoms with E-state index in [0.29, 0.717) is 12.2 Å². The summed E-state index contributed by atoms with van der Waals surface area (Å²) in [5, 5.41) is 2.94. The first-order chi connectivity index (χ1) is 10.1. The number of para-hydroxylation sites is 1. The number of aryl methyl sites for hydroxylation is 1. The smallest absolute Gasteiger partial charge is 0.251 e. The Morgan fingerprint density at radius 3 is 2.52 bits per heavy atom. The molecule has 1 N–H and O–H groups in total. The highest BCUT2D eigenvalue weighted by molar-refractivity contribution is 14.1. The molecular weight excluding hydrogens is 377 g/mol. The molecule has 1 amide bonds. The molecule has 21 heavy (non-hydrogen) atoms. The predicted octanol–water partition coefficient (Wildman–Crippen LogP) is 3.80. The van der Waals surface area contributed by atoms with Crippen LogP contribution in [0.2, 0.25) is 0 Å². The molecule has 0 aromatic heterocycles. The number of hydrogen-bond donors (Lipinski definition) is 1. The maximum Gasteiger partial charge on any atom is 0.251 e. The summed E-state index contributed by atoms with van der Waals surface area (Å²) in [7, 11) is 0. The van der Waals surface area contributed by atoms with E-state index in [2.05, 4.69) is 27.9 Å². The Balaban J connectivity index is 1.87. The molecule has 4 heteroatoms. The Hall–Kier alpha value is -1.56. The highest BCUT2D eigenvalue weighted by Crippen LogP contribution is 2.16. The maximum absolute atomic E-state index is 12.1. The fourth-order valence-corrected chi connectivity index (χ4v) is 2.24. The Morgan fingerprint density at radius 1 is 1.19 bits per heavy atom. The summed E-state index contributed by atoms with van der Waals surface area (Å²) in [6.07, 6.45) is 0. The third-order valence-electron chi connectivity index (χ3n) is 3.07. The van der Waals surface area contributed by atoms with Crippen LogP contribution in [0.4, 0.5) is 0 Å². The first kappa shape index (κ1) is 15.8. The van der Waals surface area contributed by atoms with Crippen LogP contribution in [-0.4, -0.2) is 18.6 Å². The molecule has 0 fully saturated rings. The van der Waals surface area contributed by atoms with E-state index in [1.807, 2.05) is 62.4 Å². The topological polar surface area (TPSA) is 38.3 Å². The second-order valence-electron chi connectivity index (χ2n) is 4.96. The van der Waals surface area contributed by atoms with Gasteiger partial charge in [-0.2, -0.15) is 0 Å². The van der Waals surface area contributed by atoms with Crippen molar-refractivity contribution in [3.05, 3.63) is 63.2 Å². The lowest BCUT2D eigenvalue weighted by Gasteiger charge is -2.16. The Labute approximate surface area is 138 Å². The van der Waals surface area contributed by atoms with Crippen LogP contribution in [0.15, 0.2) is 48.5 Å². The summed E-state index contributed by atoms with van der Waals surface area (Å²) in [6, 6.07) is 15.3. The van der Waals surface area contributed by atoms with Gasteiger partial charge in [0.05, 0.1) is 6.04 Å². The SMILES string of the molecule is Cc1ccccc1OC[C@H](C)NC(=O)c1ccc(I)cc1. The maximum atomic E-state index is 12.1. The van der Waals surface area contributed by atoms with Crippen molar-refractivity contribution >= 4 is 28.5 Å². The molecule has 0 heterocycles. The van der Waals surface area contributed by atoms with E-state index in [1.54, 1.807) is 0 Å². The predicted molar refractivity (Wildman–Crippen MR) is 92.8 cm³/mol. The molecule has 2 aromatic rings. The molecule has 0 aliphatic carbocycles. The van der Waals surface area contributed by atoms with Crippen LogP contribution < -0.4 is 10.1 Å². The number of carbonyl (C=O) groups is 1. The molecule has 2 aromatic carbocycles. The van der Waals surface area contributed by atoms with Gasteiger partial charge in [0.25, 0.3) is 5.91 Å². The molecule has 0 bridgehead atoms. The van der Waals surface area contributed by atoms with Crippen LogP contribution in [0.25, 0.3) is 0 Å². The van der Waals surface area contributed by atoms with Crippen LogP contribution in [0.5, 0.6) is 5.75 Å². The van der Waals surface area contributed by atoms with Crippen LogP contribution in [0.1, 0.15) is 22.8 Å². The molecule has 0 spiro atoms. The van der Waals surface area contributed by atoms with E-state index in [9.17, 15) is 4.79 Å². The lowest BCUT2D eigenvalue weighted by atomic mass is 10.2. The highest BCUT2D eigenvalue weighted by Gasteiger charge is 2.10. The zero-order chi connectivity index (χ0) is 15.2. The highest BCUT2D eigenvalue weighted by atomic mass is 127. The standard InChI is InChI=1S/C17H18INO2/c1-12-5-3-4-6-16(12)21-11-13(2)19-17(20)14-7-9-15(18)10-8-14/h3-10,13H,11H2,1-2H3,(H,19,20)/t13-/m0/s1. The van der Waals surface area contributed by atoms with Crippen LogP contribution in [0.3, 0.4) is 0 Å². The molecule has 0 unspecified atom stereocenters. The lowest BCUT2D eigenvalue weighted by molar-refractivity contribution is 0.0926. The zero-order valence-corrected chi connectivity index (χ0v) is 14.3. The number of halogens is 1. The number of benzene rings is 2. The van der Waals surface area contributed by atoms with Crippen LogP contribution in [-0.2, 0) is 0 Å². The fourth-order valence-electron chi connectivity index (χ4n) is 1.88. The first-order valence-electron chi connectivity index (χ1n) is 6.81. The number of amides is 1. The second kappa shape index (κ2) is 7.45. The Bertz CT molecular complexity index is 610. The number of rotatable bonds is 5. The molecule has 2 rings (SSSR count). The number of carbonyl (C=O) groups excluding carboxylic acids is 1. The minimum Gasteiger partial charge on any atom is -0.491 e. The van der Waals surface area contributed by atoms with Gasteiger partial charge in [0.15, 0.2) is 0 Å². The van der Waals surface area contributed by atoms with Gasteiger partial charge < -0.3 is 10.1 Å². The summed E-state index contributed by atoms with van der Waals surface area (Å²) in [5.74, 6) is 0.778. The number of ether oxygens (including phenoxy) is 1. The Morgan fingerprint density at radius 2 is 1.86 bits per heavy atom. The first-order valence-corrected chi connectivity index (χ1v) is 7.89. The molecule has 110 valence electrons. The molecule has 0 saturated carbocycles. The van der Waals surface area contributed by atoms with Gasteiger partial charge in [0.2, 0.25) is 0 Å². The van der Waals surface area contributed by atoms with Crippen molar-refractivity contribution in [2.24, 2.45) is 0 Å².